The van der Waals surface area contributed by atoms with Gasteiger partial charge in [0.05, 0.1) is 30.8 Å². The average Bonchev–Trinajstić information content (AvgIpc) is 2.93. The Morgan fingerprint density at radius 1 is 1.19 bits per heavy atom. The number of esters is 1. The van der Waals surface area contributed by atoms with Crippen molar-refractivity contribution >= 4 is 5.97 Å². The first-order chi connectivity index (χ1) is 12.6. The van der Waals surface area contributed by atoms with Gasteiger partial charge in [0.1, 0.15) is 12.7 Å². The summed E-state index contributed by atoms with van der Waals surface area (Å²) in [5.74, 6) is 0.387. The number of epoxide rings is 1. The molecule has 1 aromatic rings. The fourth-order valence-electron chi connectivity index (χ4n) is 6.90. The molecule has 0 amide bonds. The highest BCUT2D eigenvalue weighted by molar-refractivity contribution is 5.93. The molecule has 0 N–H and O–H groups in total. The minimum atomic E-state index is -0.282. The minimum Gasteiger partial charge on any atom is -0.472 e. The highest BCUT2D eigenvalue weighted by atomic mass is 16.7. The Morgan fingerprint density at radius 2 is 2.12 bits per heavy atom. The molecule has 5 fully saturated rings. The monoisotopic (exact) mass is 356 g/mol. The standard InChI is InChI=1S/C20H20O6/c1-9-13-5-19-8-23-17(21)11(19)4-12-15(24-12)16(19)20(9)6-14(26-18(20)25-13)10-2-3-22-7-10/h2-4,7,9,12-16,18H,5-6,8H2,1H3/t9-,12-,13-,14-,15-,16-,18-,19-,20-/m1/s1. The van der Waals surface area contributed by atoms with Crippen LogP contribution in [0.2, 0.25) is 0 Å². The summed E-state index contributed by atoms with van der Waals surface area (Å²) in [5.41, 5.74) is 1.44. The molecule has 4 saturated heterocycles. The van der Waals surface area contributed by atoms with E-state index in [-0.39, 0.29) is 53.4 Å². The molecule has 0 aromatic carbocycles. The lowest BCUT2D eigenvalue weighted by molar-refractivity contribution is -0.151. The Morgan fingerprint density at radius 3 is 2.96 bits per heavy atom. The third-order valence-electron chi connectivity index (χ3n) is 8.06. The summed E-state index contributed by atoms with van der Waals surface area (Å²) in [4.78, 5) is 12.4. The fraction of sp³-hybridized carbons (Fsp3) is 0.650. The molecule has 0 unspecified atom stereocenters. The zero-order valence-corrected chi connectivity index (χ0v) is 14.4. The van der Waals surface area contributed by atoms with E-state index in [2.05, 4.69) is 6.92 Å². The molecule has 9 atom stereocenters. The maximum Gasteiger partial charge on any atom is 0.334 e. The number of furan rings is 1. The van der Waals surface area contributed by atoms with E-state index in [1.807, 2.05) is 12.1 Å². The molecule has 6 heteroatoms. The van der Waals surface area contributed by atoms with Crippen LogP contribution in [0.5, 0.6) is 0 Å². The highest BCUT2D eigenvalue weighted by Crippen LogP contribution is 2.74. The van der Waals surface area contributed by atoms with Gasteiger partial charge in [0, 0.05) is 27.9 Å². The molecule has 6 aliphatic rings. The van der Waals surface area contributed by atoms with Crippen LogP contribution in [0.1, 0.15) is 31.4 Å². The first-order valence-corrected chi connectivity index (χ1v) is 9.51. The Balaban J connectivity index is 1.40. The zero-order chi connectivity index (χ0) is 17.3. The third-order valence-corrected chi connectivity index (χ3v) is 8.06. The molecule has 1 aromatic heterocycles. The van der Waals surface area contributed by atoms with Crippen molar-refractivity contribution in [2.75, 3.05) is 6.61 Å². The summed E-state index contributed by atoms with van der Waals surface area (Å²) < 4.78 is 29.7. The van der Waals surface area contributed by atoms with Crippen LogP contribution < -0.4 is 0 Å². The van der Waals surface area contributed by atoms with E-state index in [1.54, 1.807) is 12.5 Å². The van der Waals surface area contributed by atoms with E-state index in [1.165, 1.54) is 0 Å². The highest BCUT2D eigenvalue weighted by Gasteiger charge is 2.79. The second-order valence-electron chi connectivity index (χ2n) is 8.85. The van der Waals surface area contributed by atoms with E-state index in [0.717, 1.165) is 24.0 Å². The topological polar surface area (TPSA) is 70.4 Å². The van der Waals surface area contributed by atoms with Crippen molar-refractivity contribution in [1.29, 1.82) is 0 Å². The number of fused-ring (bicyclic) bond motifs is 3. The molecular formula is C20H20O6. The lowest BCUT2D eigenvalue weighted by atomic mass is 9.46. The van der Waals surface area contributed by atoms with Gasteiger partial charge < -0.3 is 23.4 Å². The van der Waals surface area contributed by atoms with Crippen LogP contribution in [0.4, 0.5) is 0 Å². The van der Waals surface area contributed by atoms with Gasteiger partial charge in [-0.2, -0.15) is 0 Å². The van der Waals surface area contributed by atoms with E-state index in [9.17, 15) is 4.79 Å². The molecule has 0 radical (unpaired) electrons. The maximum absolute atomic E-state index is 12.4. The molecule has 2 bridgehead atoms. The van der Waals surface area contributed by atoms with Crippen molar-refractivity contribution in [3.05, 3.63) is 35.8 Å². The molecule has 26 heavy (non-hydrogen) atoms. The number of hydrogen-bond acceptors (Lipinski definition) is 6. The van der Waals surface area contributed by atoms with Crippen LogP contribution in [-0.2, 0) is 23.7 Å². The Bertz CT molecular complexity index is 844. The molecular weight excluding hydrogens is 336 g/mol. The fourth-order valence-corrected chi connectivity index (χ4v) is 6.90. The molecule has 7 rings (SSSR count). The molecule has 6 nitrogen and oxygen atoms in total. The Hall–Kier alpha value is -1.63. The van der Waals surface area contributed by atoms with Gasteiger partial charge in [-0.25, -0.2) is 4.79 Å². The first kappa shape index (κ1) is 14.4. The summed E-state index contributed by atoms with van der Waals surface area (Å²) in [6, 6.07) is 1.97. The van der Waals surface area contributed by atoms with Crippen molar-refractivity contribution in [1.82, 2.24) is 0 Å². The van der Waals surface area contributed by atoms with Gasteiger partial charge in [-0.05, 0) is 30.9 Å². The molecule has 2 spiro atoms. The number of carbonyl (C=O) groups is 1. The summed E-state index contributed by atoms with van der Waals surface area (Å²) in [7, 11) is 0. The molecule has 2 aliphatic carbocycles. The van der Waals surface area contributed by atoms with Gasteiger partial charge in [0.25, 0.3) is 0 Å². The van der Waals surface area contributed by atoms with E-state index in [0.29, 0.717) is 12.5 Å². The van der Waals surface area contributed by atoms with Crippen molar-refractivity contribution in [2.45, 2.75) is 50.5 Å². The lowest BCUT2D eigenvalue weighted by Crippen LogP contribution is -2.57. The van der Waals surface area contributed by atoms with Crippen molar-refractivity contribution in [3.8, 4) is 0 Å². The van der Waals surface area contributed by atoms with Crippen LogP contribution in [0, 0.1) is 22.7 Å². The predicted octanol–water partition coefficient (Wildman–Crippen LogP) is 2.36. The van der Waals surface area contributed by atoms with Gasteiger partial charge in [-0.3, -0.25) is 0 Å². The van der Waals surface area contributed by atoms with Crippen molar-refractivity contribution in [2.24, 2.45) is 22.7 Å². The minimum absolute atomic E-state index is 0.0399. The van der Waals surface area contributed by atoms with Crippen molar-refractivity contribution < 1.29 is 28.2 Å². The van der Waals surface area contributed by atoms with E-state index < -0.39 is 0 Å². The molecule has 4 aliphatic heterocycles. The average molecular weight is 356 g/mol. The second kappa shape index (κ2) is 4.26. The quantitative estimate of drug-likeness (QED) is 0.568. The van der Waals surface area contributed by atoms with E-state index >= 15 is 0 Å². The van der Waals surface area contributed by atoms with Gasteiger partial charge in [0.2, 0.25) is 0 Å². The number of cyclic esters (lactones) is 1. The van der Waals surface area contributed by atoms with Crippen LogP contribution in [-0.4, -0.2) is 37.2 Å². The third kappa shape index (κ3) is 1.40. The Labute approximate surface area is 150 Å². The smallest absolute Gasteiger partial charge is 0.334 e. The number of carbonyl (C=O) groups excluding carboxylic acids is 1. The normalized spacial score (nSPS) is 55.5. The maximum atomic E-state index is 12.4. The van der Waals surface area contributed by atoms with Crippen LogP contribution in [0.15, 0.2) is 34.7 Å². The lowest BCUT2D eigenvalue weighted by Gasteiger charge is -2.52. The second-order valence-corrected chi connectivity index (χ2v) is 8.85. The molecule has 136 valence electrons. The van der Waals surface area contributed by atoms with Crippen molar-refractivity contribution in [3.63, 3.8) is 0 Å². The van der Waals surface area contributed by atoms with Crippen LogP contribution >= 0.6 is 0 Å². The zero-order valence-electron chi connectivity index (χ0n) is 14.4. The number of rotatable bonds is 1. The van der Waals surface area contributed by atoms with Gasteiger partial charge in [0.15, 0.2) is 6.29 Å². The largest absolute Gasteiger partial charge is 0.472 e. The predicted molar refractivity (Wildman–Crippen MR) is 85.7 cm³/mol. The molecule has 5 heterocycles. The van der Waals surface area contributed by atoms with Gasteiger partial charge >= 0.3 is 5.97 Å². The summed E-state index contributed by atoms with van der Waals surface area (Å²) in [6.45, 7) is 2.73. The first-order valence-electron chi connectivity index (χ1n) is 9.51. The summed E-state index contributed by atoms with van der Waals surface area (Å²) in [5, 5.41) is 0. The molecule has 1 saturated carbocycles. The number of ether oxygens (including phenoxy) is 4. The van der Waals surface area contributed by atoms with Gasteiger partial charge in [-0.15, -0.1) is 0 Å². The van der Waals surface area contributed by atoms with Crippen LogP contribution in [0.25, 0.3) is 0 Å². The number of hydrogen-bond donors (Lipinski definition) is 0. The van der Waals surface area contributed by atoms with Gasteiger partial charge in [-0.1, -0.05) is 6.92 Å². The SMILES string of the molecule is C[C@@H]1[C@H]2C[C@@]34COC(=O)C3=C[C@H]3O[C@H]3[C@H]4[C@@]13C[C@H](c1ccoc1)O[C@H]3O2. The summed E-state index contributed by atoms with van der Waals surface area (Å²) in [6.07, 6.45) is 7.13. The summed E-state index contributed by atoms with van der Waals surface area (Å²) >= 11 is 0. The van der Waals surface area contributed by atoms with E-state index in [4.69, 9.17) is 23.4 Å². The Kier molecular flexibility index (Phi) is 2.37. The van der Waals surface area contributed by atoms with Crippen LogP contribution in [0.3, 0.4) is 0 Å².